The molecule has 0 fully saturated rings. The highest BCUT2D eigenvalue weighted by Crippen LogP contribution is 2.22. The minimum Gasteiger partial charge on any atom is -0.481 e. The third-order valence-electron chi connectivity index (χ3n) is 2.65. The molecule has 1 unspecified atom stereocenters. The third kappa shape index (κ3) is 1.76. The van der Waals surface area contributed by atoms with E-state index in [9.17, 15) is 4.79 Å². The van der Waals surface area contributed by atoms with E-state index in [1.54, 1.807) is 12.5 Å². The Morgan fingerprint density at radius 3 is 3.00 bits per heavy atom. The largest absolute Gasteiger partial charge is 0.481 e. The minimum atomic E-state index is -0.804. The lowest BCUT2D eigenvalue weighted by atomic mass is 10.0. The molecule has 0 saturated carbocycles. The molecule has 0 saturated heterocycles. The van der Waals surface area contributed by atoms with Crippen molar-refractivity contribution in [3.63, 3.8) is 0 Å². The number of aryl methyl sites for hydroxylation is 1. The van der Waals surface area contributed by atoms with Gasteiger partial charge < -0.3 is 5.11 Å². The molecule has 0 aromatic carbocycles. The van der Waals surface area contributed by atoms with Gasteiger partial charge in [-0.2, -0.15) is 0 Å². The van der Waals surface area contributed by atoms with Crippen LogP contribution in [0.1, 0.15) is 30.7 Å². The first kappa shape index (κ1) is 10.6. The summed E-state index contributed by atoms with van der Waals surface area (Å²) >= 11 is 0. The van der Waals surface area contributed by atoms with Crippen LogP contribution in [0.25, 0.3) is 5.65 Å². The van der Waals surface area contributed by atoms with Gasteiger partial charge in [0, 0.05) is 17.8 Å². The molecule has 0 spiro atoms. The molecule has 5 nitrogen and oxygen atoms in total. The van der Waals surface area contributed by atoms with Crippen molar-refractivity contribution in [2.75, 3.05) is 0 Å². The van der Waals surface area contributed by atoms with Crippen LogP contribution in [0.2, 0.25) is 0 Å². The van der Waals surface area contributed by atoms with Gasteiger partial charge >= 0.3 is 5.97 Å². The minimum absolute atomic E-state index is 0.0857. The van der Waals surface area contributed by atoms with E-state index >= 15 is 0 Å². The lowest BCUT2D eigenvalue weighted by Crippen LogP contribution is -2.04. The highest BCUT2D eigenvalue weighted by molar-refractivity contribution is 5.68. The van der Waals surface area contributed by atoms with Crippen molar-refractivity contribution in [1.82, 2.24) is 14.4 Å². The van der Waals surface area contributed by atoms with Crippen molar-refractivity contribution < 1.29 is 9.90 Å². The maximum atomic E-state index is 10.7. The number of fused-ring (bicyclic) bond motifs is 1. The predicted octanol–water partition coefficient (Wildman–Crippen LogP) is 1.62. The van der Waals surface area contributed by atoms with Crippen LogP contribution >= 0.6 is 0 Å². The van der Waals surface area contributed by atoms with Gasteiger partial charge in [-0.25, -0.2) is 9.97 Å². The van der Waals surface area contributed by atoms with Crippen LogP contribution in [0.5, 0.6) is 0 Å². The summed E-state index contributed by atoms with van der Waals surface area (Å²) < 4.78 is 1.87. The van der Waals surface area contributed by atoms with E-state index in [2.05, 4.69) is 9.97 Å². The summed E-state index contributed by atoms with van der Waals surface area (Å²) in [5.74, 6) is -0.889. The van der Waals surface area contributed by atoms with Crippen LogP contribution in [0.3, 0.4) is 0 Å². The van der Waals surface area contributed by atoms with Crippen molar-refractivity contribution in [2.45, 2.75) is 26.2 Å². The Hall–Kier alpha value is -1.91. The molecular formula is C11H13N3O2. The number of nitrogens with zero attached hydrogens (tertiary/aromatic N) is 3. The fourth-order valence-electron chi connectivity index (χ4n) is 1.86. The van der Waals surface area contributed by atoms with Gasteiger partial charge in [-0.05, 0) is 13.0 Å². The standard InChI is InChI=1S/C11H13N3O2/c1-7(5-10(15)16)11-8(2)14-6-12-4-3-9(14)13-11/h3-4,6-7H,5H2,1-2H3,(H,15,16). The quantitative estimate of drug-likeness (QED) is 0.851. The summed E-state index contributed by atoms with van der Waals surface area (Å²) in [4.78, 5) is 19.1. The second kappa shape index (κ2) is 3.92. The summed E-state index contributed by atoms with van der Waals surface area (Å²) in [6, 6.07) is 1.81. The van der Waals surface area contributed by atoms with Crippen LogP contribution in [-0.2, 0) is 4.79 Å². The average molecular weight is 219 g/mol. The molecule has 0 aliphatic carbocycles. The predicted molar refractivity (Wildman–Crippen MR) is 58.4 cm³/mol. The molecule has 2 aromatic rings. The number of aliphatic carboxylic acids is 1. The zero-order chi connectivity index (χ0) is 11.7. The number of imidazole rings is 1. The zero-order valence-electron chi connectivity index (χ0n) is 9.21. The van der Waals surface area contributed by atoms with Crippen LogP contribution in [0.4, 0.5) is 0 Å². The fourth-order valence-corrected chi connectivity index (χ4v) is 1.86. The smallest absolute Gasteiger partial charge is 0.304 e. The number of aromatic nitrogens is 3. The Balaban J connectivity index is 2.45. The normalized spacial score (nSPS) is 12.9. The first-order valence-electron chi connectivity index (χ1n) is 5.10. The third-order valence-corrected chi connectivity index (χ3v) is 2.65. The van der Waals surface area contributed by atoms with E-state index in [4.69, 9.17) is 5.11 Å². The van der Waals surface area contributed by atoms with E-state index in [1.165, 1.54) is 0 Å². The maximum Gasteiger partial charge on any atom is 0.304 e. The Morgan fingerprint density at radius 2 is 2.38 bits per heavy atom. The molecule has 2 rings (SSSR count). The second-order valence-electron chi connectivity index (χ2n) is 3.89. The van der Waals surface area contributed by atoms with Gasteiger partial charge in [-0.15, -0.1) is 0 Å². The van der Waals surface area contributed by atoms with Gasteiger partial charge in [-0.1, -0.05) is 6.92 Å². The van der Waals surface area contributed by atoms with Crippen LogP contribution < -0.4 is 0 Å². The molecule has 5 heteroatoms. The number of rotatable bonds is 3. The molecule has 0 aliphatic rings. The van der Waals surface area contributed by atoms with Gasteiger partial charge in [-0.3, -0.25) is 9.20 Å². The van der Waals surface area contributed by atoms with E-state index in [1.807, 2.05) is 24.3 Å². The van der Waals surface area contributed by atoms with Gasteiger partial charge in [0.15, 0.2) is 0 Å². The Bertz CT molecular complexity index is 533. The van der Waals surface area contributed by atoms with Crippen molar-refractivity contribution in [2.24, 2.45) is 0 Å². The number of carbonyl (C=O) groups is 1. The lowest BCUT2D eigenvalue weighted by molar-refractivity contribution is -0.137. The van der Waals surface area contributed by atoms with Gasteiger partial charge in [0.05, 0.1) is 12.1 Å². The monoisotopic (exact) mass is 219 g/mol. The Labute approximate surface area is 92.8 Å². The molecule has 1 N–H and O–H groups in total. The SMILES string of the molecule is Cc1c(C(C)CC(=O)O)nc2ccncn12. The molecule has 16 heavy (non-hydrogen) atoms. The van der Waals surface area contributed by atoms with E-state index in [-0.39, 0.29) is 12.3 Å². The van der Waals surface area contributed by atoms with E-state index in [0.29, 0.717) is 0 Å². The van der Waals surface area contributed by atoms with Crippen molar-refractivity contribution >= 4 is 11.6 Å². The molecule has 0 amide bonds. The number of hydrogen-bond donors (Lipinski definition) is 1. The highest BCUT2D eigenvalue weighted by atomic mass is 16.4. The molecule has 0 bridgehead atoms. The maximum absolute atomic E-state index is 10.7. The summed E-state index contributed by atoms with van der Waals surface area (Å²) in [6.45, 7) is 3.80. The topological polar surface area (TPSA) is 67.5 Å². The van der Waals surface area contributed by atoms with Gasteiger partial charge in [0.25, 0.3) is 0 Å². The van der Waals surface area contributed by atoms with Crippen LogP contribution in [-0.4, -0.2) is 25.4 Å². The lowest BCUT2D eigenvalue weighted by Gasteiger charge is -2.05. The van der Waals surface area contributed by atoms with Gasteiger partial charge in [0.1, 0.15) is 12.0 Å². The van der Waals surface area contributed by atoms with E-state index < -0.39 is 5.97 Å². The molecule has 0 radical (unpaired) electrons. The second-order valence-corrected chi connectivity index (χ2v) is 3.89. The molecule has 2 heterocycles. The first-order chi connectivity index (χ1) is 7.59. The van der Waals surface area contributed by atoms with Crippen molar-refractivity contribution in [1.29, 1.82) is 0 Å². The van der Waals surface area contributed by atoms with Gasteiger partial charge in [0.2, 0.25) is 0 Å². The van der Waals surface area contributed by atoms with E-state index in [0.717, 1.165) is 17.0 Å². The van der Waals surface area contributed by atoms with Crippen LogP contribution in [0, 0.1) is 6.92 Å². The number of hydrogen-bond acceptors (Lipinski definition) is 3. The molecule has 0 aliphatic heterocycles. The first-order valence-corrected chi connectivity index (χ1v) is 5.10. The summed E-state index contributed by atoms with van der Waals surface area (Å²) in [5.41, 5.74) is 2.59. The fraction of sp³-hybridized carbons (Fsp3) is 0.364. The van der Waals surface area contributed by atoms with Crippen LogP contribution in [0.15, 0.2) is 18.6 Å². The Kier molecular flexibility index (Phi) is 2.60. The molecule has 84 valence electrons. The summed E-state index contributed by atoms with van der Waals surface area (Å²) in [6.07, 6.45) is 3.46. The summed E-state index contributed by atoms with van der Waals surface area (Å²) in [7, 11) is 0. The van der Waals surface area contributed by atoms with Crippen molar-refractivity contribution in [3.8, 4) is 0 Å². The molecular weight excluding hydrogens is 206 g/mol. The van der Waals surface area contributed by atoms with Crippen molar-refractivity contribution in [3.05, 3.63) is 30.0 Å². The number of carboxylic acids is 1. The molecule has 1 atom stereocenters. The summed E-state index contributed by atoms with van der Waals surface area (Å²) in [5, 5.41) is 8.76. The molecule has 2 aromatic heterocycles. The zero-order valence-corrected chi connectivity index (χ0v) is 9.21. The average Bonchev–Trinajstić information content (AvgIpc) is 2.56. The number of carboxylic acid groups (broad SMARTS) is 1. The highest BCUT2D eigenvalue weighted by Gasteiger charge is 2.17. The Morgan fingerprint density at radius 1 is 1.62 bits per heavy atom.